The van der Waals surface area contributed by atoms with E-state index in [9.17, 15) is 10.4 Å². The summed E-state index contributed by atoms with van der Waals surface area (Å²) in [4.78, 5) is 11.1. The van der Waals surface area contributed by atoms with Gasteiger partial charge in [-0.25, -0.2) is 14.6 Å². The first kappa shape index (κ1) is 18.1. The Labute approximate surface area is 169 Å². The van der Waals surface area contributed by atoms with Crippen LogP contribution in [0.2, 0.25) is 0 Å². The highest BCUT2D eigenvalue weighted by molar-refractivity contribution is 5.81. The van der Waals surface area contributed by atoms with E-state index < -0.39 is 5.60 Å². The molecular weight excluding hydrogens is 364 g/mol. The quantitative estimate of drug-likeness (QED) is 0.741. The number of aliphatic hydroxyl groups is 1. The van der Waals surface area contributed by atoms with Gasteiger partial charge in [-0.15, -0.1) is 0 Å². The van der Waals surface area contributed by atoms with Gasteiger partial charge in [0.25, 0.3) is 0 Å². The fourth-order valence-corrected chi connectivity index (χ4v) is 4.34. The molecule has 0 atom stereocenters. The maximum atomic E-state index is 10.2. The average molecular weight is 388 g/mol. The van der Waals surface area contributed by atoms with E-state index in [1.165, 1.54) is 0 Å². The standard InChI is InChI=1S/C22H24N6O/c1-21(29)7-9-27(10-8-21)19-12-20(25-15-24-19)28-18-11-17(4-3-16(18)13-26-28)22(14-23)5-2-6-22/h3-4,11-13,15,29H,2,5-10H2,1H3. The van der Waals surface area contributed by atoms with Gasteiger partial charge in [-0.1, -0.05) is 12.1 Å². The Balaban J connectivity index is 1.51. The van der Waals surface area contributed by atoms with Gasteiger partial charge in [0, 0.05) is 24.5 Å². The van der Waals surface area contributed by atoms with Gasteiger partial charge in [-0.05, 0) is 50.7 Å². The third-order valence-corrected chi connectivity index (χ3v) is 6.56. The van der Waals surface area contributed by atoms with Gasteiger partial charge in [0.05, 0.1) is 28.8 Å². The van der Waals surface area contributed by atoms with E-state index >= 15 is 0 Å². The van der Waals surface area contributed by atoms with E-state index in [2.05, 4.69) is 38.2 Å². The molecule has 0 radical (unpaired) electrons. The van der Waals surface area contributed by atoms with E-state index in [0.29, 0.717) is 5.82 Å². The van der Waals surface area contributed by atoms with E-state index in [0.717, 1.165) is 67.5 Å². The predicted octanol–water partition coefficient (Wildman–Crippen LogP) is 3.11. The molecule has 2 aromatic heterocycles. The lowest BCUT2D eigenvalue weighted by Crippen LogP contribution is -2.42. The van der Waals surface area contributed by atoms with Crippen LogP contribution in [0.5, 0.6) is 0 Å². The van der Waals surface area contributed by atoms with Crippen molar-refractivity contribution >= 4 is 16.7 Å². The number of rotatable bonds is 3. The monoisotopic (exact) mass is 388 g/mol. The molecule has 29 heavy (non-hydrogen) atoms. The third kappa shape index (κ3) is 3.04. The molecule has 0 unspecified atom stereocenters. The van der Waals surface area contributed by atoms with Gasteiger partial charge < -0.3 is 10.0 Å². The maximum Gasteiger partial charge on any atom is 0.159 e. The first-order chi connectivity index (χ1) is 14.0. The molecule has 0 amide bonds. The van der Waals surface area contributed by atoms with E-state index in [1.807, 2.05) is 29.9 Å². The van der Waals surface area contributed by atoms with Crippen LogP contribution in [0.4, 0.5) is 5.82 Å². The Morgan fingerprint density at radius 1 is 1.07 bits per heavy atom. The maximum absolute atomic E-state index is 10.2. The summed E-state index contributed by atoms with van der Waals surface area (Å²) >= 11 is 0. The van der Waals surface area contributed by atoms with Crippen LogP contribution in [0.1, 0.15) is 44.6 Å². The van der Waals surface area contributed by atoms with Crippen LogP contribution in [-0.2, 0) is 5.41 Å². The molecule has 2 fully saturated rings. The lowest BCUT2D eigenvalue weighted by molar-refractivity contribution is 0.0350. The highest BCUT2D eigenvalue weighted by Crippen LogP contribution is 2.43. The molecule has 148 valence electrons. The Kier molecular flexibility index (Phi) is 4.07. The molecule has 2 aliphatic rings. The summed E-state index contributed by atoms with van der Waals surface area (Å²) in [6.45, 7) is 3.41. The Bertz CT molecular complexity index is 1100. The number of nitriles is 1. The molecule has 3 heterocycles. The number of benzene rings is 1. The van der Waals surface area contributed by atoms with Crippen molar-refractivity contribution < 1.29 is 5.11 Å². The zero-order valence-corrected chi connectivity index (χ0v) is 16.5. The Morgan fingerprint density at radius 2 is 1.83 bits per heavy atom. The highest BCUT2D eigenvalue weighted by Gasteiger charge is 2.39. The summed E-state index contributed by atoms with van der Waals surface area (Å²) in [7, 11) is 0. The number of piperidine rings is 1. The SMILES string of the molecule is CC1(O)CCN(c2cc(-n3ncc4ccc(C5(C#N)CCC5)cc43)ncn2)CC1. The minimum absolute atomic E-state index is 0.356. The molecule has 3 aromatic rings. The summed E-state index contributed by atoms with van der Waals surface area (Å²) in [6, 6.07) is 10.7. The van der Waals surface area contributed by atoms with Gasteiger partial charge in [0.2, 0.25) is 0 Å². The zero-order valence-electron chi connectivity index (χ0n) is 16.5. The third-order valence-electron chi connectivity index (χ3n) is 6.56. The zero-order chi connectivity index (χ0) is 20.1. The van der Waals surface area contributed by atoms with Crippen molar-refractivity contribution in [2.24, 2.45) is 0 Å². The van der Waals surface area contributed by atoms with E-state index in [4.69, 9.17) is 0 Å². The fourth-order valence-electron chi connectivity index (χ4n) is 4.34. The molecule has 1 saturated heterocycles. The van der Waals surface area contributed by atoms with Crippen molar-refractivity contribution in [3.8, 4) is 11.9 Å². The highest BCUT2D eigenvalue weighted by atomic mass is 16.3. The summed E-state index contributed by atoms with van der Waals surface area (Å²) in [5.74, 6) is 1.55. The number of fused-ring (bicyclic) bond motifs is 1. The summed E-state index contributed by atoms with van der Waals surface area (Å²) in [5.41, 5.74) is 1.06. The molecular formula is C22H24N6O. The first-order valence-electron chi connectivity index (χ1n) is 10.2. The summed E-state index contributed by atoms with van der Waals surface area (Å²) < 4.78 is 1.83. The lowest BCUT2D eigenvalue weighted by Gasteiger charge is -2.36. The van der Waals surface area contributed by atoms with Crippen LogP contribution in [0.25, 0.3) is 16.7 Å². The lowest BCUT2D eigenvalue weighted by atomic mass is 9.65. The van der Waals surface area contributed by atoms with Gasteiger partial charge in [0.15, 0.2) is 5.82 Å². The van der Waals surface area contributed by atoms with Crippen molar-refractivity contribution in [3.63, 3.8) is 0 Å². The normalized spacial score (nSPS) is 20.2. The fraction of sp³-hybridized carbons (Fsp3) is 0.455. The molecule has 7 nitrogen and oxygen atoms in total. The number of anilines is 1. The smallest absolute Gasteiger partial charge is 0.159 e. The van der Waals surface area contributed by atoms with Gasteiger partial charge in [0.1, 0.15) is 12.1 Å². The summed E-state index contributed by atoms with van der Waals surface area (Å²) in [5, 5.41) is 25.5. The second-order valence-electron chi connectivity index (χ2n) is 8.60. The molecule has 1 aliphatic carbocycles. The molecule has 0 spiro atoms. The summed E-state index contributed by atoms with van der Waals surface area (Å²) in [6.07, 6.45) is 7.77. The average Bonchev–Trinajstić information content (AvgIpc) is 3.11. The number of aromatic nitrogens is 4. The van der Waals surface area contributed by atoms with Crippen molar-refractivity contribution in [1.29, 1.82) is 5.26 Å². The number of nitrogens with zero attached hydrogens (tertiary/aromatic N) is 6. The minimum Gasteiger partial charge on any atom is -0.390 e. The first-order valence-corrected chi connectivity index (χ1v) is 10.2. The topological polar surface area (TPSA) is 90.9 Å². The molecule has 5 rings (SSSR count). The van der Waals surface area contributed by atoms with E-state index in [1.54, 1.807) is 6.33 Å². The van der Waals surface area contributed by atoms with Crippen LogP contribution < -0.4 is 4.90 Å². The van der Waals surface area contributed by atoms with Crippen molar-refractivity contribution in [2.45, 2.75) is 50.0 Å². The van der Waals surface area contributed by atoms with Crippen LogP contribution in [0.15, 0.2) is 36.8 Å². The largest absolute Gasteiger partial charge is 0.390 e. The molecule has 7 heteroatoms. The van der Waals surface area contributed by atoms with Crippen molar-refractivity contribution in [3.05, 3.63) is 42.4 Å². The van der Waals surface area contributed by atoms with Gasteiger partial charge in [-0.3, -0.25) is 0 Å². The van der Waals surface area contributed by atoms with Crippen LogP contribution in [-0.4, -0.2) is 43.5 Å². The van der Waals surface area contributed by atoms with Crippen molar-refractivity contribution in [1.82, 2.24) is 19.7 Å². The number of hydrogen-bond donors (Lipinski definition) is 1. The second-order valence-corrected chi connectivity index (χ2v) is 8.60. The molecule has 1 N–H and O–H groups in total. The van der Waals surface area contributed by atoms with Gasteiger partial charge in [-0.2, -0.15) is 10.4 Å². The van der Waals surface area contributed by atoms with Crippen LogP contribution in [0.3, 0.4) is 0 Å². The Hall–Kier alpha value is -2.98. The Morgan fingerprint density at radius 3 is 2.52 bits per heavy atom. The van der Waals surface area contributed by atoms with Crippen LogP contribution >= 0.6 is 0 Å². The molecule has 0 bridgehead atoms. The van der Waals surface area contributed by atoms with E-state index in [-0.39, 0.29) is 5.41 Å². The van der Waals surface area contributed by atoms with Gasteiger partial charge >= 0.3 is 0 Å². The predicted molar refractivity (Wildman–Crippen MR) is 110 cm³/mol. The number of hydrogen-bond acceptors (Lipinski definition) is 6. The second kappa shape index (κ2) is 6.53. The molecule has 1 aromatic carbocycles. The molecule has 1 saturated carbocycles. The minimum atomic E-state index is -0.598. The molecule has 1 aliphatic heterocycles. The van der Waals surface area contributed by atoms with Crippen LogP contribution in [0, 0.1) is 11.3 Å². The van der Waals surface area contributed by atoms with Crippen molar-refractivity contribution in [2.75, 3.05) is 18.0 Å².